The summed E-state index contributed by atoms with van der Waals surface area (Å²) in [5.41, 5.74) is 2.92. The maximum absolute atomic E-state index is 5.90. The largest absolute Gasteiger partial charge is 0.249 e. The quantitative estimate of drug-likeness (QED) is 0.437. The van der Waals surface area contributed by atoms with Crippen LogP contribution >= 0.6 is 22.9 Å². The van der Waals surface area contributed by atoms with Gasteiger partial charge in [0.25, 0.3) is 0 Å². The van der Waals surface area contributed by atoms with Crippen LogP contribution in [-0.2, 0) is 0 Å². The summed E-state index contributed by atoms with van der Waals surface area (Å²) in [7, 11) is 0. The molecule has 0 bridgehead atoms. The molecule has 4 rings (SSSR count). The van der Waals surface area contributed by atoms with Crippen LogP contribution in [0.15, 0.2) is 71.7 Å². The molecule has 0 saturated carbocycles. The van der Waals surface area contributed by atoms with Gasteiger partial charge < -0.3 is 0 Å². The third-order valence-electron chi connectivity index (χ3n) is 3.35. The first-order valence-corrected chi connectivity index (χ1v) is 8.07. The molecule has 1 heterocycles. The smallest absolute Gasteiger partial charge is 0.0811 e. The molecule has 0 spiro atoms. The van der Waals surface area contributed by atoms with Crippen molar-refractivity contribution in [2.75, 3.05) is 0 Å². The molecule has 22 heavy (non-hydrogen) atoms. The van der Waals surface area contributed by atoms with Crippen molar-refractivity contribution in [2.45, 2.75) is 0 Å². The first kappa shape index (κ1) is 13.4. The van der Waals surface area contributed by atoms with Gasteiger partial charge in [-0.3, -0.25) is 0 Å². The van der Waals surface area contributed by atoms with Gasteiger partial charge >= 0.3 is 0 Å². The first-order chi connectivity index (χ1) is 10.8. The molecule has 0 fully saturated rings. The zero-order valence-corrected chi connectivity index (χ0v) is 13.1. The van der Waals surface area contributed by atoms with Crippen LogP contribution in [-0.4, -0.2) is 4.98 Å². The van der Waals surface area contributed by atoms with Crippen molar-refractivity contribution in [3.63, 3.8) is 0 Å². The van der Waals surface area contributed by atoms with E-state index in [4.69, 9.17) is 11.6 Å². The Morgan fingerprint density at radius 1 is 0.909 bits per heavy atom. The highest BCUT2D eigenvalue weighted by Crippen LogP contribution is 2.29. The topological polar surface area (TPSA) is 25.2 Å². The van der Waals surface area contributed by atoms with Gasteiger partial charge in [0.2, 0.25) is 0 Å². The van der Waals surface area contributed by atoms with Gasteiger partial charge in [0, 0.05) is 5.02 Å². The number of para-hydroxylation sites is 1. The molecule has 0 N–H and O–H groups in total. The van der Waals surface area contributed by atoms with Crippen molar-refractivity contribution in [1.29, 1.82) is 0 Å². The SMILES string of the molecule is Clc1ccc(N=c2ccc3nc4ccccc4sc-3c2)cc1. The monoisotopic (exact) mass is 322 g/mol. The number of aromatic nitrogens is 1. The molecule has 0 aromatic heterocycles. The average molecular weight is 323 g/mol. The minimum absolute atomic E-state index is 0.718. The van der Waals surface area contributed by atoms with Crippen LogP contribution in [0.5, 0.6) is 0 Å². The Bertz CT molecular complexity index is 990. The lowest BCUT2D eigenvalue weighted by molar-refractivity contribution is 1.32. The Morgan fingerprint density at radius 2 is 1.73 bits per heavy atom. The van der Waals surface area contributed by atoms with E-state index in [2.05, 4.69) is 22.1 Å². The summed E-state index contributed by atoms with van der Waals surface area (Å²) in [5, 5.41) is 1.64. The van der Waals surface area contributed by atoms with Gasteiger partial charge in [-0.25, -0.2) is 9.98 Å². The van der Waals surface area contributed by atoms with Crippen molar-refractivity contribution in [3.05, 3.63) is 77.1 Å². The summed E-state index contributed by atoms with van der Waals surface area (Å²) in [6, 6.07) is 21.8. The van der Waals surface area contributed by atoms with E-state index in [1.165, 1.54) is 4.70 Å². The van der Waals surface area contributed by atoms with Gasteiger partial charge in [0.05, 0.1) is 31.8 Å². The van der Waals surface area contributed by atoms with Gasteiger partial charge in [-0.2, -0.15) is 0 Å². The van der Waals surface area contributed by atoms with Crippen molar-refractivity contribution in [2.24, 2.45) is 4.99 Å². The van der Waals surface area contributed by atoms with Gasteiger partial charge in [0.15, 0.2) is 0 Å². The highest BCUT2D eigenvalue weighted by molar-refractivity contribution is 7.21. The van der Waals surface area contributed by atoms with Crippen LogP contribution < -0.4 is 5.36 Å². The molecule has 1 aliphatic heterocycles. The molecule has 2 aromatic carbocycles. The predicted octanol–water partition coefficient (Wildman–Crippen LogP) is 5.29. The van der Waals surface area contributed by atoms with Crippen LogP contribution in [0.3, 0.4) is 0 Å². The molecule has 0 amide bonds. The maximum atomic E-state index is 5.90. The average Bonchev–Trinajstić information content (AvgIpc) is 2.55. The van der Waals surface area contributed by atoms with E-state index >= 15 is 0 Å². The fourth-order valence-electron chi connectivity index (χ4n) is 2.30. The van der Waals surface area contributed by atoms with Crippen molar-refractivity contribution >= 4 is 38.8 Å². The van der Waals surface area contributed by atoms with E-state index in [1.54, 1.807) is 11.3 Å². The fraction of sp³-hybridized carbons (Fsp3) is 0. The minimum atomic E-state index is 0.718. The number of rotatable bonds is 1. The summed E-state index contributed by atoms with van der Waals surface area (Å²) in [6.45, 7) is 0. The second-order valence-corrected chi connectivity index (χ2v) is 6.44. The minimum Gasteiger partial charge on any atom is -0.249 e. The normalized spacial score (nSPS) is 12.1. The van der Waals surface area contributed by atoms with Gasteiger partial charge in [0.1, 0.15) is 0 Å². The van der Waals surface area contributed by atoms with Crippen molar-refractivity contribution in [3.8, 4) is 10.6 Å². The fourth-order valence-corrected chi connectivity index (χ4v) is 3.42. The molecule has 2 aliphatic rings. The van der Waals surface area contributed by atoms with Gasteiger partial charge in [-0.1, -0.05) is 23.7 Å². The number of nitrogens with zero attached hydrogens (tertiary/aromatic N) is 2. The van der Waals surface area contributed by atoms with Crippen molar-refractivity contribution in [1.82, 2.24) is 4.98 Å². The van der Waals surface area contributed by atoms with Crippen LogP contribution in [0, 0.1) is 0 Å². The number of fused-ring (bicyclic) bond motifs is 2. The Labute approximate surface area is 136 Å². The van der Waals surface area contributed by atoms with E-state index in [0.29, 0.717) is 0 Å². The number of benzene rings is 3. The summed E-state index contributed by atoms with van der Waals surface area (Å²) in [5.74, 6) is 0. The van der Waals surface area contributed by atoms with Crippen LogP contribution in [0.25, 0.3) is 20.8 Å². The molecular weight excluding hydrogens is 312 g/mol. The van der Waals surface area contributed by atoms with Gasteiger partial charge in [-0.15, -0.1) is 11.3 Å². The predicted molar refractivity (Wildman–Crippen MR) is 92.9 cm³/mol. The summed E-state index contributed by atoms with van der Waals surface area (Å²) >= 11 is 7.63. The Kier molecular flexibility index (Phi) is 3.37. The maximum Gasteiger partial charge on any atom is 0.0811 e. The van der Waals surface area contributed by atoms with Crippen LogP contribution in [0.1, 0.15) is 0 Å². The number of hydrogen-bond donors (Lipinski definition) is 0. The van der Waals surface area contributed by atoms with Crippen LogP contribution in [0.4, 0.5) is 5.69 Å². The summed E-state index contributed by atoms with van der Waals surface area (Å²) in [4.78, 5) is 10.5. The van der Waals surface area contributed by atoms with Crippen LogP contribution in [0.2, 0.25) is 5.02 Å². The lowest BCUT2D eigenvalue weighted by Crippen LogP contribution is -2.00. The Hall–Kier alpha value is -2.23. The summed E-state index contributed by atoms with van der Waals surface area (Å²) < 4.78 is 1.18. The molecule has 0 saturated heterocycles. The first-order valence-electron chi connectivity index (χ1n) is 6.88. The molecule has 2 nitrogen and oxygen atoms in total. The highest BCUT2D eigenvalue weighted by Gasteiger charge is 2.06. The van der Waals surface area contributed by atoms with Crippen molar-refractivity contribution < 1.29 is 0 Å². The standard InChI is InChI=1S/C18H11ClN2S/c19-12-5-7-13(8-6-12)20-14-9-10-16-18(11-14)22-17-4-2-1-3-15(17)21-16/h1-11H. The highest BCUT2D eigenvalue weighted by atomic mass is 35.5. The second kappa shape index (κ2) is 5.52. The molecule has 0 radical (unpaired) electrons. The molecule has 106 valence electrons. The van der Waals surface area contributed by atoms with E-state index in [-0.39, 0.29) is 0 Å². The van der Waals surface area contributed by atoms with E-state index in [9.17, 15) is 0 Å². The molecular formula is C18H11ClN2S. The molecule has 1 aliphatic carbocycles. The lowest BCUT2D eigenvalue weighted by atomic mass is 10.2. The van der Waals surface area contributed by atoms with E-state index in [0.717, 1.165) is 32.2 Å². The molecule has 4 heteroatoms. The Balaban J connectivity index is 1.88. The molecule has 2 aromatic rings. The molecule has 0 atom stereocenters. The zero-order valence-electron chi connectivity index (χ0n) is 11.5. The Morgan fingerprint density at radius 3 is 2.59 bits per heavy atom. The second-order valence-electron chi connectivity index (χ2n) is 4.92. The number of hydrogen-bond acceptors (Lipinski definition) is 3. The third kappa shape index (κ3) is 2.61. The summed E-state index contributed by atoms with van der Waals surface area (Å²) in [6.07, 6.45) is 0. The number of halogens is 1. The van der Waals surface area contributed by atoms with E-state index < -0.39 is 0 Å². The molecule has 0 unspecified atom stereocenters. The van der Waals surface area contributed by atoms with E-state index in [1.807, 2.05) is 54.6 Å². The lowest BCUT2D eigenvalue weighted by Gasteiger charge is -2.05. The third-order valence-corrected chi connectivity index (χ3v) is 4.72. The van der Waals surface area contributed by atoms with Gasteiger partial charge in [-0.05, 0) is 54.6 Å². The zero-order chi connectivity index (χ0) is 14.9.